The van der Waals surface area contributed by atoms with Crippen molar-refractivity contribution in [1.29, 1.82) is 0 Å². The van der Waals surface area contributed by atoms with Gasteiger partial charge in [-0.1, -0.05) is 37.3 Å². The Balaban J connectivity index is 1.89. The van der Waals surface area contributed by atoms with Crippen LogP contribution in [-0.2, 0) is 12.8 Å². The van der Waals surface area contributed by atoms with E-state index >= 15 is 0 Å². The predicted molar refractivity (Wildman–Crippen MR) is 85.8 cm³/mol. The summed E-state index contributed by atoms with van der Waals surface area (Å²) in [5.41, 5.74) is 2.40. The molecule has 4 nitrogen and oxygen atoms in total. The summed E-state index contributed by atoms with van der Waals surface area (Å²) in [4.78, 5) is 8.54. The monoisotopic (exact) mass is 285 g/mol. The molecule has 0 unspecified atom stereocenters. The lowest BCUT2D eigenvalue weighted by Crippen LogP contribution is -2.08. The van der Waals surface area contributed by atoms with Crippen molar-refractivity contribution in [2.75, 3.05) is 18.5 Å². The van der Waals surface area contributed by atoms with Crippen molar-refractivity contribution in [3.05, 3.63) is 47.8 Å². The van der Waals surface area contributed by atoms with Gasteiger partial charge in [0.15, 0.2) is 0 Å². The second-order valence-corrected chi connectivity index (χ2v) is 4.83. The van der Waals surface area contributed by atoms with Gasteiger partial charge in [-0.05, 0) is 31.7 Å². The van der Waals surface area contributed by atoms with Gasteiger partial charge in [-0.2, -0.15) is 0 Å². The van der Waals surface area contributed by atoms with E-state index in [0.717, 1.165) is 37.2 Å². The molecule has 4 heteroatoms. The lowest BCUT2D eigenvalue weighted by atomic mass is 10.1. The molecule has 1 heterocycles. The van der Waals surface area contributed by atoms with Gasteiger partial charge in [0, 0.05) is 6.54 Å². The number of hydrogen-bond donors (Lipinski definition) is 1. The second kappa shape index (κ2) is 8.25. The van der Waals surface area contributed by atoms with Crippen molar-refractivity contribution in [1.82, 2.24) is 9.97 Å². The first-order chi connectivity index (χ1) is 10.3. The van der Waals surface area contributed by atoms with E-state index in [4.69, 9.17) is 4.74 Å². The lowest BCUT2D eigenvalue weighted by molar-refractivity contribution is 0.296. The van der Waals surface area contributed by atoms with Crippen molar-refractivity contribution < 1.29 is 4.74 Å². The lowest BCUT2D eigenvalue weighted by Gasteiger charge is -2.13. The van der Waals surface area contributed by atoms with Crippen LogP contribution in [0.5, 0.6) is 5.88 Å². The van der Waals surface area contributed by atoms with Crippen LogP contribution < -0.4 is 10.1 Å². The van der Waals surface area contributed by atoms with Crippen molar-refractivity contribution in [3.63, 3.8) is 0 Å². The fraction of sp³-hybridized carbons (Fsp3) is 0.412. The molecular formula is C17H23N3O. The van der Waals surface area contributed by atoms with E-state index in [0.29, 0.717) is 12.5 Å². The van der Waals surface area contributed by atoms with Gasteiger partial charge < -0.3 is 10.1 Å². The molecule has 2 aromatic rings. The van der Waals surface area contributed by atoms with Gasteiger partial charge in [-0.15, -0.1) is 0 Å². The highest BCUT2D eigenvalue weighted by molar-refractivity contribution is 5.48. The first-order valence-electron chi connectivity index (χ1n) is 7.59. The number of hydrogen-bond acceptors (Lipinski definition) is 4. The number of anilines is 1. The molecule has 0 bridgehead atoms. The predicted octanol–water partition coefficient (Wildman–Crippen LogP) is 3.48. The summed E-state index contributed by atoms with van der Waals surface area (Å²) in [5.74, 6) is 1.59. The zero-order valence-electron chi connectivity index (χ0n) is 12.8. The van der Waals surface area contributed by atoms with Crippen LogP contribution in [0.25, 0.3) is 0 Å². The minimum atomic E-state index is 0.671. The Hall–Kier alpha value is -2.10. The van der Waals surface area contributed by atoms with E-state index in [-0.39, 0.29) is 0 Å². The maximum absolute atomic E-state index is 5.85. The molecule has 21 heavy (non-hydrogen) atoms. The third kappa shape index (κ3) is 4.45. The SMILES string of the molecule is CCNc1ncnc(OCCCc2ccccc2)c1CC. The Morgan fingerprint density at radius 2 is 1.90 bits per heavy atom. The fourth-order valence-corrected chi connectivity index (χ4v) is 2.25. The van der Waals surface area contributed by atoms with E-state index in [9.17, 15) is 0 Å². The highest BCUT2D eigenvalue weighted by Gasteiger charge is 2.10. The molecule has 0 aliphatic heterocycles. The summed E-state index contributed by atoms with van der Waals surface area (Å²) in [6.45, 7) is 5.67. The number of aromatic nitrogens is 2. The normalized spacial score (nSPS) is 10.4. The molecule has 0 saturated carbocycles. The van der Waals surface area contributed by atoms with Crippen LogP contribution in [0.3, 0.4) is 0 Å². The smallest absolute Gasteiger partial charge is 0.221 e. The van der Waals surface area contributed by atoms with Crippen molar-refractivity contribution >= 4 is 5.82 Å². The quantitative estimate of drug-likeness (QED) is 0.754. The average Bonchev–Trinajstić information content (AvgIpc) is 2.53. The molecule has 0 radical (unpaired) electrons. The summed E-state index contributed by atoms with van der Waals surface area (Å²) in [6.07, 6.45) is 4.42. The standard InChI is InChI=1S/C17H23N3O/c1-3-15-16(18-4-2)19-13-20-17(15)21-12-8-11-14-9-6-5-7-10-14/h5-7,9-10,13H,3-4,8,11-12H2,1-2H3,(H,18,19,20). The van der Waals surface area contributed by atoms with E-state index in [1.165, 1.54) is 5.56 Å². The van der Waals surface area contributed by atoms with Gasteiger partial charge >= 0.3 is 0 Å². The zero-order valence-corrected chi connectivity index (χ0v) is 12.8. The number of ether oxygens (including phenoxy) is 1. The molecule has 0 aliphatic rings. The zero-order chi connectivity index (χ0) is 14.9. The highest BCUT2D eigenvalue weighted by atomic mass is 16.5. The van der Waals surface area contributed by atoms with E-state index in [1.54, 1.807) is 6.33 Å². The molecule has 2 rings (SSSR count). The van der Waals surface area contributed by atoms with Gasteiger partial charge in [-0.3, -0.25) is 0 Å². The molecule has 0 saturated heterocycles. The van der Waals surface area contributed by atoms with Gasteiger partial charge in [0.25, 0.3) is 0 Å². The van der Waals surface area contributed by atoms with Crippen LogP contribution in [0.15, 0.2) is 36.7 Å². The van der Waals surface area contributed by atoms with Crippen LogP contribution >= 0.6 is 0 Å². The van der Waals surface area contributed by atoms with Gasteiger partial charge in [-0.25, -0.2) is 9.97 Å². The fourth-order valence-electron chi connectivity index (χ4n) is 2.25. The third-order valence-corrected chi connectivity index (χ3v) is 3.29. The highest BCUT2D eigenvalue weighted by Crippen LogP contribution is 2.22. The second-order valence-electron chi connectivity index (χ2n) is 4.83. The summed E-state index contributed by atoms with van der Waals surface area (Å²) in [6, 6.07) is 10.5. The Bertz CT molecular complexity index is 543. The molecule has 1 N–H and O–H groups in total. The van der Waals surface area contributed by atoms with Crippen molar-refractivity contribution in [2.24, 2.45) is 0 Å². The number of rotatable bonds is 8. The van der Waals surface area contributed by atoms with Gasteiger partial charge in [0.1, 0.15) is 12.1 Å². The van der Waals surface area contributed by atoms with Crippen LogP contribution in [0.2, 0.25) is 0 Å². The Kier molecular flexibility index (Phi) is 6.00. The van der Waals surface area contributed by atoms with Crippen LogP contribution in [0.1, 0.15) is 31.4 Å². The molecule has 1 aromatic heterocycles. The Labute approximate surface area is 126 Å². The molecule has 1 aromatic carbocycles. The van der Waals surface area contributed by atoms with Crippen molar-refractivity contribution in [2.45, 2.75) is 33.1 Å². The minimum absolute atomic E-state index is 0.671. The Morgan fingerprint density at radius 1 is 1.10 bits per heavy atom. The van der Waals surface area contributed by atoms with Crippen LogP contribution in [-0.4, -0.2) is 23.1 Å². The van der Waals surface area contributed by atoms with Gasteiger partial charge in [0.05, 0.1) is 12.2 Å². The number of nitrogens with zero attached hydrogens (tertiary/aromatic N) is 2. The van der Waals surface area contributed by atoms with Gasteiger partial charge in [0.2, 0.25) is 5.88 Å². The summed E-state index contributed by atoms with van der Waals surface area (Å²) < 4.78 is 5.85. The number of benzene rings is 1. The van der Waals surface area contributed by atoms with E-state index in [2.05, 4.69) is 53.4 Å². The first kappa shape index (κ1) is 15.3. The Morgan fingerprint density at radius 3 is 2.62 bits per heavy atom. The topological polar surface area (TPSA) is 47.0 Å². The molecule has 0 atom stereocenters. The summed E-state index contributed by atoms with van der Waals surface area (Å²) >= 11 is 0. The molecular weight excluding hydrogens is 262 g/mol. The maximum Gasteiger partial charge on any atom is 0.221 e. The molecule has 0 aliphatic carbocycles. The van der Waals surface area contributed by atoms with Crippen LogP contribution in [0, 0.1) is 0 Å². The van der Waals surface area contributed by atoms with E-state index < -0.39 is 0 Å². The van der Waals surface area contributed by atoms with Crippen LogP contribution in [0.4, 0.5) is 5.82 Å². The molecule has 112 valence electrons. The molecule has 0 amide bonds. The third-order valence-electron chi connectivity index (χ3n) is 3.29. The molecule has 0 fully saturated rings. The van der Waals surface area contributed by atoms with Crippen molar-refractivity contribution in [3.8, 4) is 5.88 Å². The average molecular weight is 285 g/mol. The summed E-state index contributed by atoms with van der Waals surface area (Å²) in [5, 5.41) is 3.25. The molecule has 0 spiro atoms. The largest absolute Gasteiger partial charge is 0.477 e. The number of aryl methyl sites for hydroxylation is 1. The minimum Gasteiger partial charge on any atom is -0.477 e. The maximum atomic E-state index is 5.85. The van der Waals surface area contributed by atoms with E-state index in [1.807, 2.05) is 6.07 Å². The summed E-state index contributed by atoms with van der Waals surface area (Å²) in [7, 11) is 0. The number of nitrogens with one attached hydrogen (secondary N) is 1. The first-order valence-corrected chi connectivity index (χ1v) is 7.59.